The number of Topliss-reactive ketones (excluding diaryl/α,β-unsaturated/α-hetero) is 1. The SMILES string of the molecule is CC(C)C1=Nc2ccccc2CC1=O. The van der Waals surface area contributed by atoms with Gasteiger partial charge in [-0.05, 0) is 17.5 Å². The topological polar surface area (TPSA) is 29.4 Å². The van der Waals surface area contributed by atoms with Gasteiger partial charge in [-0.15, -0.1) is 0 Å². The van der Waals surface area contributed by atoms with E-state index in [0.717, 1.165) is 11.3 Å². The standard InChI is InChI=1S/C12H13NO/c1-8(2)12-11(14)7-9-5-3-4-6-10(9)13-12/h3-6,8H,7H2,1-2H3. The Morgan fingerprint density at radius 3 is 2.71 bits per heavy atom. The molecular weight excluding hydrogens is 174 g/mol. The van der Waals surface area contributed by atoms with E-state index in [1.54, 1.807) is 0 Å². The average molecular weight is 187 g/mol. The fraction of sp³-hybridized carbons (Fsp3) is 0.333. The number of fused-ring (bicyclic) bond motifs is 1. The molecule has 0 aliphatic carbocycles. The summed E-state index contributed by atoms with van der Waals surface area (Å²) in [4.78, 5) is 16.1. The van der Waals surface area contributed by atoms with Gasteiger partial charge in [0.25, 0.3) is 0 Å². The number of hydrogen-bond donors (Lipinski definition) is 0. The Hall–Kier alpha value is -1.44. The summed E-state index contributed by atoms with van der Waals surface area (Å²) in [6.45, 7) is 4.01. The smallest absolute Gasteiger partial charge is 0.181 e. The molecule has 14 heavy (non-hydrogen) atoms. The molecule has 0 N–H and O–H groups in total. The first kappa shape index (κ1) is 9.13. The third-order valence-electron chi connectivity index (χ3n) is 2.42. The maximum atomic E-state index is 11.7. The maximum absolute atomic E-state index is 11.7. The van der Waals surface area contributed by atoms with Gasteiger partial charge in [-0.3, -0.25) is 4.79 Å². The van der Waals surface area contributed by atoms with Crippen molar-refractivity contribution in [1.82, 2.24) is 0 Å². The molecule has 0 saturated heterocycles. The Kier molecular flexibility index (Phi) is 2.20. The highest BCUT2D eigenvalue weighted by molar-refractivity contribution is 6.42. The number of hydrogen-bond acceptors (Lipinski definition) is 2. The van der Waals surface area contributed by atoms with Crippen LogP contribution in [0.15, 0.2) is 29.3 Å². The van der Waals surface area contributed by atoms with Crippen LogP contribution in [0, 0.1) is 5.92 Å². The molecule has 2 nitrogen and oxygen atoms in total. The van der Waals surface area contributed by atoms with E-state index >= 15 is 0 Å². The molecule has 0 aromatic heterocycles. The molecular formula is C12H13NO. The van der Waals surface area contributed by atoms with Crippen molar-refractivity contribution in [3.8, 4) is 0 Å². The highest BCUT2D eigenvalue weighted by atomic mass is 16.1. The van der Waals surface area contributed by atoms with Crippen molar-refractivity contribution in [2.75, 3.05) is 0 Å². The summed E-state index contributed by atoms with van der Waals surface area (Å²) in [5.74, 6) is 0.384. The third kappa shape index (κ3) is 1.48. The summed E-state index contributed by atoms with van der Waals surface area (Å²) in [5.41, 5.74) is 2.71. The summed E-state index contributed by atoms with van der Waals surface area (Å²) in [7, 11) is 0. The van der Waals surface area contributed by atoms with Crippen LogP contribution >= 0.6 is 0 Å². The molecule has 1 aromatic rings. The zero-order chi connectivity index (χ0) is 10.1. The molecule has 72 valence electrons. The lowest BCUT2D eigenvalue weighted by Crippen LogP contribution is -2.24. The number of carbonyl (C=O) groups is 1. The van der Waals surface area contributed by atoms with Crippen molar-refractivity contribution in [2.45, 2.75) is 20.3 Å². The maximum Gasteiger partial charge on any atom is 0.181 e. The zero-order valence-electron chi connectivity index (χ0n) is 8.45. The van der Waals surface area contributed by atoms with Crippen molar-refractivity contribution >= 4 is 17.2 Å². The first-order valence-electron chi connectivity index (χ1n) is 4.88. The van der Waals surface area contributed by atoms with Crippen LogP contribution < -0.4 is 0 Å². The molecule has 0 atom stereocenters. The summed E-state index contributed by atoms with van der Waals surface area (Å²) in [6, 6.07) is 7.83. The number of benzene rings is 1. The van der Waals surface area contributed by atoms with Crippen molar-refractivity contribution in [1.29, 1.82) is 0 Å². The molecule has 1 aromatic carbocycles. The first-order chi connectivity index (χ1) is 6.68. The quantitative estimate of drug-likeness (QED) is 0.664. The Bertz CT molecular complexity index is 405. The molecule has 0 spiro atoms. The fourth-order valence-electron chi connectivity index (χ4n) is 1.68. The van der Waals surface area contributed by atoms with Crippen molar-refractivity contribution in [3.63, 3.8) is 0 Å². The van der Waals surface area contributed by atoms with Crippen LogP contribution in [0.2, 0.25) is 0 Å². The highest BCUT2D eigenvalue weighted by Gasteiger charge is 2.21. The van der Waals surface area contributed by atoms with Gasteiger partial charge in [0.05, 0.1) is 11.4 Å². The van der Waals surface area contributed by atoms with E-state index in [1.807, 2.05) is 38.1 Å². The van der Waals surface area contributed by atoms with Gasteiger partial charge in [0.2, 0.25) is 0 Å². The lowest BCUT2D eigenvalue weighted by molar-refractivity contribution is -0.112. The minimum absolute atomic E-state index is 0.165. The summed E-state index contributed by atoms with van der Waals surface area (Å²) in [5, 5.41) is 0. The molecule has 0 radical (unpaired) electrons. The molecule has 0 amide bonds. The monoisotopic (exact) mass is 187 g/mol. The fourth-order valence-corrected chi connectivity index (χ4v) is 1.68. The van der Waals surface area contributed by atoms with E-state index in [4.69, 9.17) is 0 Å². The molecule has 0 unspecified atom stereocenters. The second kappa shape index (κ2) is 3.37. The number of aliphatic imine (C=N–C) groups is 1. The van der Waals surface area contributed by atoms with E-state index < -0.39 is 0 Å². The minimum Gasteiger partial charge on any atom is -0.292 e. The van der Waals surface area contributed by atoms with Gasteiger partial charge in [-0.2, -0.15) is 0 Å². The van der Waals surface area contributed by atoms with Gasteiger partial charge in [0, 0.05) is 6.42 Å². The van der Waals surface area contributed by atoms with E-state index in [2.05, 4.69) is 4.99 Å². The highest BCUT2D eigenvalue weighted by Crippen LogP contribution is 2.25. The van der Waals surface area contributed by atoms with Gasteiger partial charge in [0.1, 0.15) is 0 Å². The van der Waals surface area contributed by atoms with Crippen molar-refractivity contribution in [3.05, 3.63) is 29.8 Å². The molecule has 1 heterocycles. The van der Waals surface area contributed by atoms with Crippen LogP contribution in [-0.4, -0.2) is 11.5 Å². The van der Waals surface area contributed by atoms with Gasteiger partial charge in [-0.25, -0.2) is 4.99 Å². The predicted octanol–water partition coefficient (Wildman–Crippen LogP) is 2.54. The Labute approximate surface area is 83.7 Å². The lowest BCUT2D eigenvalue weighted by Gasteiger charge is -2.16. The summed E-state index contributed by atoms with van der Waals surface area (Å²) in [6.07, 6.45) is 0.507. The van der Waals surface area contributed by atoms with Crippen LogP contribution in [0.25, 0.3) is 0 Å². The van der Waals surface area contributed by atoms with Gasteiger partial charge < -0.3 is 0 Å². The first-order valence-corrected chi connectivity index (χ1v) is 4.88. The average Bonchev–Trinajstić information content (AvgIpc) is 2.16. The predicted molar refractivity (Wildman–Crippen MR) is 57.1 cm³/mol. The number of rotatable bonds is 1. The number of carbonyl (C=O) groups excluding carboxylic acids is 1. The van der Waals surface area contributed by atoms with Gasteiger partial charge >= 0.3 is 0 Å². The summed E-state index contributed by atoms with van der Waals surface area (Å²) >= 11 is 0. The molecule has 1 aliphatic heterocycles. The van der Waals surface area contributed by atoms with Crippen molar-refractivity contribution < 1.29 is 4.79 Å². The second-order valence-corrected chi connectivity index (χ2v) is 3.88. The lowest BCUT2D eigenvalue weighted by atomic mass is 9.94. The van der Waals surface area contributed by atoms with Crippen LogP contribution in [0.3, 0.4) is 0 Å². The van der Waals surface area contributed by atoms with E-state index in [9.17, 15) is 4.79 Å². The molecule has 0 bridgehead atoms. The Balaban J connectivity index is 2.49. The van der Waals surface area contributed by atoms with Crippen LogP contribution in [0.4, 0.5) is 5.69 Å². The Morgan fingerprint density at radius 2 is 2.00 bits per heavy atom. The zero-order valence-corrected chi connectivity index (χ0v) is 8.45. The molecule has 1 aliphatic rings. The molecule has 2 heteroatoms. The van der Waals surface area contributed by atoms with E-state index in [0.29, 0.717) is 12.1 Å². The number of para-hydroxylation sites is 1. The second-order valence-electron chi connectivity index (χ2n) is 3.88. The van der Waals surface area contributed by atoms with Crippen LogP contribution in [0.1, 0.15) is 19.4 Å². The minimum atomic E-state index is 0.165. The van der Waals surface area contributed by atoms with Crippen LogP contribution in [-0.2, 0) is 11.2 Å². The van der Waals surface area contributed by atoms with E-state index in [-0.39, 0.29) is 11.7 Å². The molecule has 0 fully saturated rings. The molecule has 0 saturated carbocycles. The largest absolute Gasteiger partial charge is 0.292 e. The van der Waals surface area contributed by atoms with Gasteiger partial charge in [-0.1, -0.05) is 32.0 Å². The number of nitrogens with zero attached hydrogens (tertiary/aromatic N) is 1. The van der Waals surface area contributed by atoms with E-state index in [1.165, 1.54) is 0 Å². The molecule has 2 rings (SSSR count). The normalized spacial score (nSPS) is 15.4. The van der Waals surface area contributed by atoms with Crippen molar-refractivity contribution in [2.24, 2.45) is 10.9 Å². The summed E-state index contributed by atoms with van der Waals surface area (Å²) < 4.78 is 0. The third-order valence-corrected chi connectivity index (χ3v) is 2.42. The van der Waals surface area contributed by atoms with Crippen LogP contribution in [0.5, 0.6) is 0 Å². The Morgan fingerprint density at radius 1 is 1.29 bits per heavy atom. The van der Waals surface area contributed by atoms with Gasteiger partial charge in [0.15, 0.2) is 5.78 Å². The number of ketones is 1.